The molecule has 4 rings (SSSR count). The van der Waals surface area contributed by atoms with Gasteiger partial charge in [-0.05, 0) is 111 Å². The summed E-state index contributed by atoms with van der Waals surface area (Å²) in [5, 5.41) is 2.63. The molecule has 3 aliphatic rings. The van der Waals surface area contributed by atoms with Crippen LogP contribution < -0.4 is 11.1 Å². The van der Waals surface area contributed by atoms with Crippen LogP contribution in [0, 0.1) is 30.1 Å². The molecule has 2 fully saturated rings. The van der Waals surface area contributed by atoms with Gasteiger partial charge in [-0.1, -0.05) is 54.8 Å². The summed E-state index contributed by atoms with van der Waals surface area (Å²) in [6.07, 6.45) is 29.6. The van der Waals surface area contributed by atoms with Gasteiger partial charge in [-0.25, -0.2) is 0 Å². The van der Waals surface area contributed by atoms with Gasteiger partial charge < -0.3 is 16.0 Å². The number of terminal acetylenes is 1. The molecule has 1 atom stereocenters. The van der Waals surface area contributed by atoms with Crippen molar-refractivity contribution >= 4 is 12.0 Å². The van der Waals surface area contributed by atoms with Gasteiger partial charge in [0.1, 0.15) is 0 Å². The average Bonchev–Trinajstić information content (AvgIpc) is 3.19. The Morgan fingerprint density at radius 3 is 2.72 bits per heavy atom. The standard InChI is InChI=1S/C35H47N3O.H2/c1-4-9-32(35(39)37-3)25-34(36)38-22-8-10-26(21-23-38)24-27-15-17-30(18-16-27)29-12-7-14-33-28(5-2)11-6-13-31(33)20-19-29;/h1,6-7,9,11,13-14,24-25,27,29-30H,5,8,10,12,15-23,36H2,2-3H3,(H,37,39);1H/b14-7-,26-24?,32-9+,34-25+;. The number of likely N-dealkylation sites (N-methyl/N-ethyl adjacent to an activating group) is 1. The second-order valence-corrected chi connectivity index (χ2v) is 11.5. The summed E-state index contributed by atoms with van der Waals surface area (Å²) in [7, 11) is 1.60. The summed E-state index contributed by atoms with van der Waals surface area (Å²) in [5.41, 5.74) is 12.9. The third-order valence-corrected chi connectivity index (χ3v) is 9.16. The Labute approximate surface area is 238 Å². The summed E-state index contributed by atoms with van der Waals surface area (Å²) in [5.74, 6) is 5.23. The van der Waals surface area contributed by atoms with Crippen molar-refractivity contribution in [2.24, 2.45) is 23.5 Å². The molecule has 3 N–H and O–H groups in total. The average molecular weight is 528 g/mol. The first-order valence-electron chi connectivity index (χ1n) is 15.1. The second kappa shape index (κ2) is 14.3. The van der Waals surface area contributed by atoms with E-state index >= 15 is 0 Å². The third kappa shape index (κ3) is 7.69. The van der Waals surface area contributed by atoms with Crippen LogP contribution in [0.25, 0.3) is 6.08 Å². The van der Waals surface area contributed by atoms with Gasteiger partial charge in [0.25, 0.3) is 5.91 Å². The predicted molar refractivity (Wildman–Crippen MR) is 166 cm³/mol. The van der Waals surface area contributed by atoms with E-state index in [2.05, 4.69) is 59.5 Å². The fourth-order valence-electron chi connectivity index (χ4n) is 6.87. The van der Waals surface area contributed by atoms with Crippen molar-refractivity contribution in [3.63, 3.8) is 0 Å². The molecule has 1 saturated carbocycles. The second-order valence-electron chi connectivity index (χ2n) is 11.5. The number of allylic oxidation sites excluding steroid dienone is 3. The smallest absolute Gasteiger partial charge is 0.251 e. The lowest BCUT2D eigenvalue weighted by atomic mass is 9.72. The Hall–Kier alpha value is -3.19. The van der Waals surface area contributed by atoms with Crippen molar-refractivity contribution < 1.29 is 6.22 Å². The van der Waals surface area contributed by atoms with Gasteiger partial charge in [0.05, 0.1) is 11.4 Å². The molecule has 4 nitrogen and oxygen atoms in total. The number of nitrogens with two attached hydrogens (primary N) is 1. The van der Waals surface area contributed by atoms with Crippen molar-refractivity contribution in [3.8, 4) is 12.3 Å². The first kappa shape index (κ1) is 28.8. The van der Waals surface area contributed by atoms with Crippen molar-refractivity contribution in [2.75, 3.05) is 20.1 Å². The van der Waals surface area contributed by atoms with E-state index in [0.29, 0.717) is 17.3 Å². The van der Waals surface area contributed by atoms with Crippen LogP contribution >= 0.6 is 0 Å². The fraction of sp³-hybridized carbons (Fsp3) is 0.514. The van der Waals surface area contributed by atoms with E-state index in [0.717, 1.165) is 50.6 Å². The maximum absolute atomic E-state index is 12.1. The zero-order valence-corrected chi connectivity index (χ0v) is 24.1. The number of benzene rings is 1. The molecule has 1 aromatic rings. The lowest BCUT2D eigenvalue weighted by molar-refractivity contribution is -0.116. The van der Waals surface area contributed by atoms with Crippen LogP contribution in [0.2, 0.25) is 0 Å². The summed E-state index contributed by atoms with van der Waals surface area (Å²) >= 11 is 0. The van der Waals surface area contributed by atoms with Crippen LogP contribution in [0.15, 0.2) is 59.5 Å². The maximum atomic E-state index is 12.1. The number of carbonyl (C=O) groups excluding carboxylic acids is 1. The SMILES string of the molecule is C#C/C=C(\C=C(/N)N1CCCC(=CC2CCC(C3C/C=C\c4c(CC)cccc4CC3)CC2)CC1)C(=O)NC.[HH]. The number of likely N-dealkylation sites (tertiary alicyclic amines) is 1. The molecule has 39 heavy (non-hydrogen) atoms. The van der Waals surface area contributed by atoms with E-state index in [1.54, 1.807) is 24.3 Å². The molecule has 0 aromatic heterocycles. The zero-order chi connectivity index (χ0) is 27.6. The number of hydrogen-bond acceptors (Lipinski definition) is 3. The van der Waals surface area contributed by atoms with Gasteiger partial charge >= 0.3 is 0 Å². The van der Waals surface area contributed by atoms with Gasteiger partial charge in [0, 0.05) is 27.6 Å². The Morgan fingerprint density at radius 1 is 1.15 bits per heavy atom. The van der Waals surface area contributed by atoms with E-state index in [-0.39, 0.29) is 7.33 Å². The first-order valence-corrected chi connectivity index (χ1v) is 15.1. The van der Waals surface area contributed by atoms with E-state index in [4.69, 9.17) is 12.2 Å². The van der Waals surface area contributed by atoms with E-state index < -0.39 is 0 Å². The number of fused-ring (bicyclic) bond motifs is 1. The highest BCUT2D eigenvalue weighted by Gasteiger charge is 2.27. The number of carbonyl (C=O) groups is 1. The minimum Gasteiger partial charge on any atom is -0.385 e. The first-order chi connectivity index (χ1) is 19.0. The van der Waals surface area contributed by atoms with Crippen LogP contribution in [0.4, 0.5) is 0 Å². The lowest BCUT2D eigenvalue weighted by Gasteiger charge is -2.34. The minimum absolute atomic E-state index is 0. The van der Waals surface area contributed by atoms with Crippen molar-refractivity contribution in [1.29, 1.82) is 0 Å². The number of rotatable bonds is 6. The minimum atomic E-state index is -0.215. The molecule has 1 saturated heterocycles. The molecule has 1 amide bonds. The zero-order valence-electron chi connectivity index (χ0n) is 24.1. The highest BCUT2D eigenvalue weighted by Crippen LogP contribution is 2.39. The van der Waals surface area contributed by atoms with E-state index in [1.807, 2.05) is 0 Å². The lowest BCUT2D eigenvalue weighted by Crippen LogP contribution is -2.30. The summed E-state index contributed by atoms with van der Waals surface area (Å²) in [4.78, 5) is 14.3. The number of nitrogens with one attached hydrogen (secondary N) is 1. The maximum Gasteiger partial charge on any atom is 0.251 e. The fourth-order valence-corrected chi connectivity index (χ4v) is 6.87. The molecular formula is C35H49N3O. The van der Waals surface area contributed by atoms with Crippen LogP contribution in [0.5, 0.6) is 0 Å². The highest BCUT2D eigenvalue weighted by molar-refractivity contribution is 5.96. The van der Waals surface area contributed by atoms with E-state index in [9.17, 15) is 4.79 Å². The van der Waals surface area contributed by atoms with Crippen LogP contribution in [0.3, 0.4) is 0 Å². The quantitative estimate of drug-likeness (QED) is 0.185. The van der Waals surface area contributed by atoms with Gasteiger partial charge in [0.15, 0.2) is 0 Å². The van der Waals surface area contributed by atoms with Crippen LogP contribution in [0.1, 0.15) is 82.8 Å². The topological polar surface area (TPSA) is 58.4 Å². The van der Waals surface area contributed by atoms with Crippen LogP contribution in [-0.2, 0) is 17.6 Å². The Kier molecular flexibility index (Phi) is 10.5. The molecule has 1 unspecified atom stereocenters. The van der Waals surface area contributed by atoms with E-state index in [1.165, 1.54) is 62.1 Å². The Morgan fingerprint density at radius 2 is 1.97 bits per heavy atom. The van der Waals surface area contributed by atoms with Crippen molar-refractivity contribution in [2.45, 2.75) is 77.6 Å². The van der Waals surface area contributed by atoms with Gasteiger partial charge in [-0.3, -0.25) is 4.79 Å². The van der Waals surface area contributed by atoms with Gasteiger partial charge in [-0.15, -0.1) is 6.42 Å². The van der Waals surface area contributed by atoms with Gasteiger partial charge in [-0.2, -0.15) is 0 Å². The number of nitrogens with zero attached hydrogens (tertiary/aromatic N) is 1. The predicted octanol–water partition coefficient (Wildman–Crippen LogP) is 6.79. The Bertz CT molecular complexity index is 1160. The molecule has 0 radical (unpaired) electrons. The van der Waals surface area contributed by atoms with Crippen molar-refractivity contribution in [3.05, 3.63) is 76.2 Å². The largest absolute Gasteiger partial charge is 0.385 e. The molecule has 1 aliphatic heterocycles. The summed E-state index contributed by atoms with van der Waals surface area (Å²) in [6, 6.07) is 6.88. The molecule has 0 spiro atoms. The number of hydrogen-bond donors (Lipinski definition) is 2. The molecule has 210 valence electrons. The molecule has 1 aromatic carbocycles. The monoisotopic (exact) mass is 527 g/mol. The number of aryl methyl sites for hydroxylation is 2. The number of amides is 1. The molecule has 2 aliphatic carbocycles. The Balaban J connectivity index is 0.00000441. The normalized spacial score (nSPS) is 26.5. The molecule has 1 heterocycles. The highest BCUT2D eigenvalue weighted by atomic mass is 16.1. The molecule has 4 heteroatoms. The van der Waals surface area contributed by atoms with Crippen molar-refractivity contribution in [1.82, 2.24) is 10.2 Å². The van der Waals surface area contributed by atoms with Crippen LogP contribution in [-0.4, -0.2) is 30.9 Å². The molecule has 0 bridgehead atoms. The third-order valence-electron chi connectivity index (χ3n) is 9.16. The summed E-state index contributed by atoms with van der Waals surface area (Å²) < 4.78 is 0. The molecular weight excluding hydrogens is 478 g/mol. The summed E-state index contributed by atoms with van der Waals surface area (Å²) in [6.45, 7) is 4.05. The van der Waals surface area contributed by atoms with Gasteiger partial charge in [0.2, 0.25) is 0 Å².